The second-order valence-electron chi connectivity index (χ2n) is 4.91. The molecule has 0 aromatic heterocycles. The predicted molar refractivity (Wildman–Crippen MR) is 83.0 cm³/mol. The third-order valence-corrected chi connectivity index (χ3v) is 3.31. The molecule has 0 saturated carbocycles. The van der Waals surface area contributed by atoms with E-state index in [4.69, 9.17) is 0 Å². The maximum absolute atomic E-state index is 14.1. The number of anilines is 1. The van der Waals surface area contributed by atoms with E-state index >= 15 is 0 Å². The Hall–Kier alpha value is -2.30. The fourth-order valence-corrected chi connectivity index (χ4v) is 2.13. The summed E-state index contributed by atoms with van der Waals surface area (Å²) < 4.78 is 41.5. The van der Waals surface area contributed by atoms with Gasteiger partial charge < -0.3 is 4.90 Å². The summed E-state index contributed by atoms with van der Waals surface area (Å²) in [5, 5.41) is 0. The molecular weight excluding hydrogens is 289 g/mol. The van der Waals surface area contributed by atoms with Crippen LogP contribution >= 0.6 is 0 Å². The Morgan fingerprint density at radius 3 is 2.18 bits per heavy atom. The number of aryl methyl sites for hydroxylation is 1. The molecule has 116 valence electrons. The molecule has 0 radical (unpaired) electrons. The van der Waals surface area contributed by atoms with E-state index in [1.165, 1.54) is 0 Å². The van der Waals surface area contributed by atoms with E-state index in [1.54, 1.807) is 18.9 Å². The first-order valence-electron chi connectivity index (χ1n) is 6.94. The van der Waals surface area contributed by atoms with Crippen LogP contribution in [0.25, 0.3) is 0 Å². The van der Waals surface area contributed by atoms with Crippen LogP contribution in [0.5, 0.6) is 0 Å². The summed E-state index contributed by atoms with van der Waals surface area (Å²) in [7, 11) is 1.64. The molecule has 0 saturated heterocycles. The lowest BCUT2D eigenvalue weighted by molar-refractivity contribution is 0.492. The Bertz CT molecular complexity index is 694. The van der Waals surface area contributed by atoms with Crippen molar-refractivity contribution in [1.82, 2.24) is 0 Å². The molecular formula is C17H17F3N2. The quantitative estimate of drug-likeness (QED) is 0.468. The third kappa shape index (κ3) is 3.13. The third-order valence-electron chi connectivity index (χ3n) is 3.31. The molecule has 2 aromatic carbocycles. The van der Waals surface area contributed by atoms with Crippen molar-refractivity contribution in [3.63, 3.8) is 0 Å². The fraction of sp³-hybridized carbons (Fsp3) is 0.235. The Balaban J connectivity index is 2.54. The smallest absolute Gasteiger partial charge is 0.172 e. The van der Waals surface area contributed by atoms with Gasteiger partial charge in [0.1, 0.15) is 11.7 Å². The molecule has 5 heteroatoms. The molecule has 0 spiro atoms. The van der Waals surface area contributed by atoms with Gasteiger partial charge in [-0.2, -0.15) is 0 Å². The summed E-state index contributed by atoms with van der Waals surface area (Å²) >= 11 is 0. The molecule has 0 heterocycles. The lowest BCUT2D eigenvalue weighted by atomic mass is 10.1. The zero-order valence-electron chi connectivity index (χ0n) is 12.7. The summed E-state index contributed by atoms with van der Waals surface area (Å²) in [6.07, 6.45) is 0. The Morgan fingerprint density at radius 2 is 1.59 bits per heavy atom. The van der Waals surface area contributed by atoms with Crippen molar-refractivity contribution < 1.29 is 13.2 Å². The highest BCUT2D eigenvalue weighted by atomic mass is 19.2. The first-order valence-corrected chi connectivity index (χ1v) is 6.94. The standard InChI is InChI=1S/C17H17F3N2/c1-4-21-17(15-13(18)9-10-14(19)16(15)20)22(3)12-7-5-11(2)6-8-12/h5-10H,4H2,1-3H3/b21-17-. The van der Waals surface area contributed by atoms with E-state index in [1.807, 2.05) is 31.2 Å². The van der Waals surface area contributed by atoms with Crippen LogP contribution in [-0.2, 0) is 0 Å². The average molecular weight is 306 g/mol. The highest BCUT2D eigenvalue weighted by Gasteiger charge is 2.22. The Kier molecular flexibility index (Phi) is 4.85. The fourth-order valence-electron chi connectivity index (χ4n) is 2.13. The summed E-state index contributed by atoms with van der Waals surface area (Å²) in [4.78, 5) is 5.70. The van der Waals surface area contributed by atoms with Crippen LogP contribution in [0.2, 0.25) is 0 Å². The van der Waals surface area contributed by atoms with Crippen molar-refractivity contribution in [2.24, 2.45) is 4.99 Å². The van der Waals surface area contributed by atoms with Crippen molar-refractivity contribution in [3.8, 4) is 0 Å². The predicted octanol–water partition coefficient (Wildman–Crippen LogP) is 4.32. The molecule has 0 atom stereocenters. The van der Waals surface area contributed by atoms with Crippen LogP contribution in [0.3, 0.4) is 0 Å². The number of nitrogens with zero attached hydrogens (tertiary/aromatic N) is 2. The van der Waals surface area contributed by atoms with E-state index in [2.05, 4.69) is 4.99 Å². The van der Waals surface area contributed by atoms with Crippen molar-refractivity contribution in [2.45, 2.75) is 13.8 Å². The molecule has 0 aliphatic carbocycles. The number of hydrogen-bond donors (Lipinski definition) is 0. The molecule has 2 aromatic rings. The van der Waals surface area contributed by atoms with Crippen LogP contribution in [-0.4, -0.2) is 19.4 Å². The molecule has 0 N–H and O–H groups in total. The largest absolute Gasteiger partial charge is 0.329 e. The van der Waals surface area contributed by atoms with Crippen molar-refractivity contribution in [1.29, 1.82) is 0 Å². The highest BCUT2D eigenvalue weighted by molar-refractivity contribution is 6.10. The lowest BCUT2D eigenvalue weighted by Crippen LogP contribution is -2.30. The Morgan fingerprint density at radius 1 is 1.00 bits per heavy atom. The maximum Gasteiger partial charge on any atom is 0.172 e. The lowest BCUT2D eigenvalue weighted by Gasteiger charge is -2.22. The topological polar surface area (TPSA) is 15.6 Å². The average Bonchev–Trinajstić information content (AvgIpc) is 2.50. The number of amidine groups is 1. The van der Waals surface area contributed by atoms with Crippen LogP contribution in [0.1, 0.15) is 18.1 Å². The summed E-state index contributed by atoms with van der Waals surface area (Å²) in [6, 6.07) is 9.07. The zero-order chi connectivity index (χ0) is 16.3. The first-order chi connectivity index (χ1) is 10.5. The van der Waals surface area contributed by atoms with Gasteiger partial charge in [0, 0.05) is 19.3 Å². The molecule has 2 nitrogen and oxygen atoms in total. The van der Waals surface area contributed by atoms with Gasteiger partial charge in [-0.3, -0.25) is 4.99 Å². The van der Waals surface area contributed by atoms with Gasteiger partial charge in [0.2, 0.25) is 0 Å². The number of hydrogen-bond acceptors (Lipinski definition) is 1. The van der Waals surface area contributed by atoms with Crippen molar-refractivity contribution in [3.05, 3.63) is 65.0 Å². The van der Waals surface area contributed by atoms with Gasteiger partial charge in [-0.15, -0.1) is 0 Å². The normalized spacial score (nSPS) is 11.6. The number of rotatable bonds is 3. The maximum atomic E-state index is 14.1. The molecule has 0 aliphatic rings. The van der Waals surface area contributed by atoms with Gasteiger partial charge in [-0.25, -0.2) is 13.2 Å². The second kappa shape index (κ2) is 6.64. The number of halogens is 3. The minimum atomic E-state index is -1.23. The monoisotopic (exact) mass is 306 g/mol. The van der Waals surface area contributed by atoms with Gasteiger partial charge in [-0.1, -0.05) is 17.7 Å². The molecule has 22 heavy (non-hydrogen) atoms. The summed E-state index contributed by atoms with van der Waals surface area (Å²) in [5.41, 5.74) is 1.32. The van der Waals surface area contributed by atoms with Crippen LogP contribution in [0.15, 0.2) is 41.4 Å². The SMILES string of the molecule is CC/N=C(/c1c(F)ccc(F)c1F)N(C)c1ccc(C)cc1. The number of aliphatic imine (C=N–C) groups is 1. The second-order valence-corrected chi connectivity index (χ2v) is 4.91. The van der Waals surface area contributed by atoms with Gasteiger partial charge in [0.15, 0.2) is 11.6 Å². The van der Waals surface area contributed by atoms with Crippen LogP contribution in [0, 0.1) is 24.4 Å². The minimum Gasteiger partial charge on any atom is -0.329 e. The van der Waals surface area contributed by atoms with Crippen LogP contribution in [0.4, 0.5) is 18.9 Å². The Labute approximate surface area is 127 Å². The van der Waals surface area contributed by atoms with Crippen molar-refractivity contribution >= 4 is 11.5 Å². The number of benzene rings is 2. The molecule has 0 amide bonds. The van der Waals surface area contributed by atoms with Gasteiger partial charge >= 0.3 is 0 Å². The van der Waals surface area contributed by atoms with Gasteiger partial charge in [0.25, 0.3) is 0 Å². The van der Waals surface area contributed by atoms with E-state index < -0.39 is 23.0 Å². The highest BCUT2D eigenvalue weighted by Crippen LogP contribution is 2.22. The zero-order valence-corrected chi connectivity index (χ0v) is 12.7. The van der Waals surface area contributed by atoms with Gasteiger partial charge in [-0.05, 0) is 38.1 Å². The molecule has 2 rings (SSSR count). The van der Waals surface area contributed by atoms with Gasteiger partial charge in [0.05, 0.1) is 5.56 Å². The molecule has 0 bridgehead atoms. The van der Waals surface area contributed by atoms with E-state index in [9.17, 15) is 13.2 Å². The molecule has 0 unspecified atom stereocenters. The van der Waals surface area contributed by atoms with Crippen LogP contribution < -0.4 is 4.90 Å². The van der Waals surface area contributed by atoms with E-state index in [0.29, 0.717) is 12.2 Å². The first kappa shape index (κ1) is 16.1. The molecule has 0 aliphatic heterocycles. The minimum absolute atomic E-state index is 0.0563. The van der Waals surface area contributed by atoms with E-state index in [0.717, 1.165) is 17.7 Å². The summed E-state index contributed by atoms with van der Waals surface area (Å²) in [6.45, 7) is 4.01. The molecule has 0 fully saturated rings. The van der Waals surface area contributed by atoms with E-state index in [-0.39, 0.29) is 5.84 Å². The van der Waals surface area contributed by atoms with Crippen molar-refractivity contribution in [2.75, 3.05) is 18.5 Å². The summed E-state index contributed by atoms with van der Waals surface area (Å²) in [5.74, 6) is -3.12.